The minimum atomic E-state index is -0.477. The van der Waals surface area contributed by atoms with E-state index >= 15 is 0 Å². The summed E-state index contributed by atoms with van der Waals surface area (Å²) in [5.41, 5.74) is 1.46. The zero-order valence-electron chi connectivity index (χ0n) is 10.5. The van der Waals surface area contributed by atoms with E-state index in [0.29, 0.717) is 17.2 Å². The van der Waals surface area contributed by atoms with E-state index in [9.17, 15) is 4.39 Å². The molecule has 0 aliphatic heterocycles. The normalized spacial score (nSPS) is 10.6. The van der Waals surface area contributed by atoms with Gasteiger partial charge < -0.3 is 5.32 Å². The van der Waals surface area contributed by atoms with Crippen LogP contribution in [0.15, 0.2) is 22.7 Å². The quantitative estimate of drug-likeness (QED) is 0.902. The molecule has 0 saturated heterocycles. The fourth-order valence-corrected chi connectivity index (χ4v) is 2.43. The molecule has 0 saturated carbocycles. The summed E-state index contributed by atoms with van der Waals surface area (Å²) < 4.78 is 14.3. The van der Waals surface area contributed by atoms with E-state index in [4.69, 9.17) is 11.6 Å². The first-order valence-electron chi connectivity index (χ1n) is 5.76. The molecule has 1 N–H and O–H groups in total. The first-order valence-corrected chi connectivity index (χ1v) is 6.93. The number of nitrogens with zero attached hydrogens (tertiary/aromatic N) is 2. The number of aromatic nitrogens is 2. The molecule has 0 atom stereocenters. The van der Waals surface area contributed by atoms with Gasteiger partial charge in [0.05, 0.1) is 15.2 Å². The third kappa shape index (κ3) is 2.87. The summed E-state index contributed by atoms with van der Waals surface area (Å²) >= 11 is 9.13. The zero-order valence-corrected chi connectivity index (χ0v) is 12.8. The second-order valence-corrected chi connectivity index (χ2v) is 5.09. The number of hydrogen-bond donors (Lipinski definition) is 1. The van der Waals surface area contributed by atoms with E-state index in [1.165, 1.54) is 12.1 Å². The highest BCUT2D eigenvalue weighted by atomic mass is 79.9. The molecule has 19 heavy (non-hydrogen) atoms. The van der Waals surface area contributed by atoms with E-state index in [0.717, 1.165) is 16.6 Å². The van der Waals surface area contributed by atoms with Crippen molar-refractivity contribution in [3.8, 4) is 11.4 Å². The van der Waals surface area contributed by atoms with Gasteiger partial charge in [-0.3, -0.25) is 0 Å². The van der Waals surface area contributed by atoms with Crippen LogP contribution in [0.25, 0.3) is 11.4 Å². The summed E-state index contributed by atoms with van der Waals surface area (Å²) in [4.78, 5) is 8.79. The Kier molecular flexibility index (Phi) is 4.37. The summed E-state index contributed by atoms with van der Waals surface area (Å²) in [6, 6.07) is 4.54. The van der Waals surface area contributed by atoms with Gasteiger partial charge in [-0.2, -0.15) is 0 Å². The van der Waals surface area contributed by atoms with Gasteiger partial charge in [0.1, 0.15) is 11.6 Å². The second kappa shape index (κ2) is 5.84. The Morgan fingerprint density at radius 2 is 2.11 bits per heavy atom. The molecule has 1 aromatic carbocycles. The van der Waals surface area contributed by atoms with Crippen LogP contribution in [-0.4, -0.2) is 17.0 Å². The van der Waals surface area contributed by atoms with E-state index in [1.54, 1.807) is 13.1 Å². The molecule has 2 aromatic rings. The maximum Gasteiger partial charge on any atom is 0.161 e. The smallest absolute Gasteiger partial charge is 0.161 e. The van der Waals surface area contributed by atoms with Gasteiger partial charge in [-0.1, -0.05) is 18.5 Å². The van der Waals surface area contributed by atoms with Crippen LogP contribution in [-0.2, 0) is 6.42 Å². The zero-order chi connectivity index (χ0) is 14.0. The minimum absolute atomic E-state index is 0.0883. The van der Waals surface area contributed by atoms with Gasteiger partial charge >= 0.3 is 0 Å². The molecule has 100 valence electrons. The topological polar surface area (TPSA) is 37.8 Å². The summed E-state index contributed by atoms with van der Waals surface area (Å²) in [5, 5.41) is 3.08. The van der Waals surface area contributed by atoms with E-state index in [1.807, 2.05) is 6.92 Å². The second-order valence-electron chi connectivity index (χ2n) is 3.89. The van der Waals surface area contributed by atoms with Gasteiger partial charge in [0.25, 0.3) is 0 Å². The Labute approximate surface area is 124 Å². The van der Waals surface area contributed by atoms with E-state index in [2.05, 4.69) is 31.2 Å². The summed E-state index contributed by atoms with van der Waals surface area (Å²) in [6.45, 7) is 2.00. The van der Waals surface area contributed by atoms with Crippen molar-refractivity contribution in [2.45, 2.75) is 13.3 Å². The van der Waals surface area contributed by atoms with Crippen molar-refractivity contribution in [3.63, 3.8) is 0 Å². The fraction of sp³-hybridized carbons (Fsp3) is 0.231. The molecular formula is C13H12BrClFN3. The van der Waals surface area contributed by atoms with Crippen molar-refractivity contribution in [1.29, 1.82) is 0 Å². The van der Waals surface area contributed by atoms with Gasteiger partial charge in [0, 0.05) is 12.6 Å². The van der Waals surface area contributed by atoms with Crippen LogP contribution in [0, 0.1) is 5.82 Å². The van der Waals surface area contributed by atoms with Crippen LogP contribution in [0.5, 0.6) is 0 Å². The van der Waals surface area contributed by atoms with Crippen LogP contribution in [0.2, 0.25) is 5.02 Å². The number of anilines is 1. The summed E-state index contributed by atoms with van der Waals surface area (Å²) in [6.07, 6.45) is 0.751. The molecule has 2 rings (SSSR count). The predicted molar refractivity (Wildman–Crippen MR) is 79.1 cm³/mol. The number of aryl methyl sites for hydroxylation is 1. The van der Waals surface area contributed by atoms with Gasteiger partial charge in [0.15, 0.2) is 5.82 Å². The van der Waals surface area contributed by atoms with E-state index in [-0.39, 0.29) is 5.02 Å². The molecule has 0 bridgehead atoms. The van der Waals surface area contributed by atoms with Gasteiger partial charge in [-0.15, -0.1) is 0 Å². The monoisotopic (exact) mass is 343 g/mol. The Balaban J connectivity index is 2.58. The average Bonchev–Trinajstić information content (AvgIpc) is 2.42. The Morgan fingerprint density at radius 3 is 2.68 bits per heavy atom. The number of hydrogen-bond acceptors (Lipinski definition) is 3. The molecule has 0 amide bonds. The van der Waals surface area contributed by atoms with Crippen LogP contribution in [0.4, 0.5) is 10.2 Å². The number of benzene rings is 1. The molecule has 0 aliphatic rings. The Hall–Kier alpha value is -1.20. The molecule has 1 aromatic heterocycles. The van der Waals surface area contributed by atoms with Gasteiger partial charge in [0.2, 0.25) is 0 Å². The molecule has 0 spiro atoms. The van der Waals surface area contributed by atoms with Crippen molar-refractivity contribution >= 4 is 33.3 Å². The minimum Gasteiger partial charge on any atom is -0.372 e. The van der Waals surface area contributed by atoms with Crippen LogP contribution in [0.1, 0.15) is 12.6 Å². The third-order valence-corrected chi connectivity index (χ3v) is 3.81. The molecular weight excluding hydrogens is 333 g/mol. The molecule has 0 fully saturated rings. The van der Waals surface area contributed by atoms with Crippen LogP contribution in [0.3, 0.4) is 0 Å². The standard InChI is InChI=1S/C13H12BrClFN3/c1-3-10-11(14)13(17-2)19-12(18-10)7-4-5-8(15)9(16)6-7/h4-6H,3H2,1-2H3,(H,17,18,19). The molecule has 6 heteroatoms. The molecule has 1 heterocycles. The maximum absolute atomic E-state index is 13.5. The lowest BCUT2D eigenvalue weighted by Crippen LogP contribution is -2.02. The molecule has 0 radical (unpaired) electrons. The first-order chi connectivity index (χ1) is 9.06. The van der Waals surface area contributed by atoms with E-state index < -0.39 is 5.82 Å². The third-order valence-electron chi connectivity index (χ3n) is 2.67. The number of rotatable bonds is 3. The van der Waals surface area contributed by atoms with Gasteiger partial charge in [-0.25, -0.2) is 14.4 Å². The lowest BCUT2D eigenvalue weighted by Gasteiger charge is -2.10. The highest BCUT2D eigenvalue weighted by molar-refractivity contribution is 9.10. The fourth-order valence-electron chi connectivity index (χ4n) is 1.66. The lowest BCUT2D eigenvalue weighted by atomic mass is 10.2. The van der Waals surface area contributed by atoms with Crippen molar-refractivity contribution in [2.24, 2.45) is 0 Å². The predicted octanol–water partition coefficient (Wildman–Crippen LogP) is 4.30. The highest BCUT2D eigenvalue weighted by Crippen LogP contribution is 2.28. The summed E-state index contributed by atoms with van der Waals surface area (Å²) in [7, 11) is 1.78. The van der Waals surface area contributed by atoms with Gasteiger partial charge in [-0.05, 0) is 40.5 Å². The first kappa shape index (κ1) is 14.2. The molecule has 0 aliphatic carbocycles. The van der Waals surface area contributed by atoms with Crippen molar-refractivity contribution in [1.82, 2.24) is 9.97 Å². The SMILES string of the molecule is CCc1nc(-c2ccc(Cl)c(F)c2)nc(NC)c1Br. The largest absolute Gasteiger partial charge is 0.372 e. The Morgan fingerprint density at radius 1 is 1.37 bits per heavy atom. The van der Waals surface area contributed by atoms with Crippen molar-refractivity contribution in [2.75, 3.05) is 12.4 Å². The molecule has 0 unspecified atom stereocenters. The highest BCUT2D eigenvalue weighted by Gasteiger charge is 2.12. The Bertz CT molecular complexity index is 594. The molecule has 3 nitrogen and oxygen atoms in total. The van der Waals surface area contributed by atoms with Crippen LogP contribution < -0.4 is 5.32 Å². The lowest BCUT2D eigenvalue weighted by molar-refractivity contribution is 0.628. The van der Waals surface area contributed by atoms with Crippen molar-refractivity contribution < 1.29 is 4.39 Å². The van der Waals surface area contributed by atoms with Crippen molar-refractivity contribution in [3.05, 3.63) is 39.2 Å². The maximum atomic E-state index is 13.5. The average molecular weight is 345 g/mol. The summed E-state index contributed by atoms with van der Waals surface area (Å²) in [5.74, 6) is 0.673. The number of nitrogens with one attached hydrogen (secondary N) is 1. The number of halogens is 3. The van der Waals surface area contributed by atoms with Crippen LogP contribution >= 0.6 is 27.5 Å².